The Labute approximate surface area is 431 Å². The minimum absolute atomic E-state index is 0.0770. The molecule has 0 bridgehead atoms. The molecule has 2 N–H and O–H groups in total. The monoisotopic (exact) mass is 1000 g/mol. The van der Waals surface area contributed by atoms with Crippen LogP contribution >= 0.6 is 0 Å². The molecular weight excluding hydrogens is 938 g/mol. The molecule has 1 unspecified atom stereocenters. The Kier molecular flexibility index (Phi) is 12.7. The summed E-state index contributed by atoms with van der Waals surface area (Å²) in [7, 11) is 0. The van der Waals surface area contributed by atoms with Crippen molar-refractivity contribution >= 4 is 63.6 Å². The molecule has 17 heteroatoms. The van der Waals surface area contributed by atoms with Crippen molar-refractivity contribution in [2.24, 2.45) is 11.8 Å². The number of pyridine rings is 2. The summed E-state index contributed by atoms with van der Waals surface area (Å²) in [6, 6.07) is 19.3. The van der Waals surface area contributed by atoms with E-state index < -0.39 is 11.3 Å². The number of para-hydroxylation sites is 1. The Morgan fingerprint density at radius 2 is 1.54 bits per heavy atom. The van der Waals surface area contributed by atoms with Crippen LogP contribution in [0.2, 0.25) is 0 Å². The van der Waals surface area contributed by atoms with Gasteiger partial charge in [0, 0.05) is 87.2 Å². The third kappa shape index (κ3) is 8.67. The van der Waals surface area contributed by atoms with Gasteiger partial charge in [-0.3, -0.25) is 29.3 Å². The summed E-state index contributed by atoms with van der Waals surface area (Å²) < 4.78 is 17.1. The van der Waals surface area contributed by atoms with Crippen molar-refractivity contribution in [1.29, 1.82) is 0 Å². The van der Waals surface area contributed by atoms with Gasteiger partial charge in [-0.25, -0.2) is 19.3 Å². The Bertz CT molecular complexity index is 3000. The van der Waals surface area contributed by atoms with E-state index in [4.69, 9.17) is 9.97 Å². The van der Waals surface area contributed by atoms with Gasteiger partial charge in [0.2, 0.25) is 29.5 Å². The predicted octanol–water partition coefficient (Wildman–Crippen LogP) is 7.47. The van der Waals surface area contributed by atoms with E-state index in [1.807, 2.05) is 32.6 Å². The van der Waals surface area contributed by atoms with Gasteiger partial charge in [-0.1, -0.05) is 36.8 Å². The Balaban J connectivity index is 0.726. The molecule has 16 nitrogen and oxygen atoms in total. The van der Waals surface area contributed by atoms with Gasteiger partial charge in [-0.15, -0.1) is 0 Å². The highest BCUT2D eigenvalue weighted by atomic mass is 19.1. The molecule has 6 fully saturated rings. The number of carbonyl (C=O) groups is 5. The maximum Gasteiger partial charge on any atom is 0.238 e. The minimum Gasteiger partial charge on any atom is -0.356 e. The number of fused-ring (bicyclic) bond motifs is 3. The van der Waals surface area contributed by atoms with E-state index in [2.05, 4.69) is 62.4 Å². The summed E-state index contributed by atoms with van der Waals surface area (Å²) in [5.41, 5.74) is 5.34. The van der Waals surface area contributed by atoms with Crippen molar-refractivity contribution in [2.75, 3.05) is 67.5 Å². The van der Waals surface area contributed by atoms with Gasteiger partial charge in [0.25, 0.3) is 0 Å². The van der Waals surface area contributed by atoms with E-state index in [-0.39, 0.29) is 59.3 Å². The van der Waals surface area contributed by atoms with E-state index in [9.17, 15) is 19.2 Å². The van der Waals surface area contributed by atoms with Gasteiger partial charge in [-0.05, 0) is 133 Å². The first-order chi connectivity index (χ1) is 35.9. The summed E-state index contributed by atoms with van der Waals surface area (Å²) in [6.45, 7) is 9.70. The van der Waals surface area contributed by atoms with E-state index in [0.717, 1.165) is 71.6 Å². The number of hydrogen-bond donors (Lipinski definition) is 2. The SMILES string of the molecule is CC(C)n1cnc2cc(-c3ccc4c(c3)N([C@H]3C[C@@H](N5CCCCC5)C3)C(=O)C43CCN(C(=O)C4CCN(C(=O)[C@@H]5CCN(c6ccc(C7CCC(=O)NC7=O)cn6)C5)CC4)CC3)nc(Nc3ccccc3F)c21. The summed E-state index contributed by atoms with van der Waals surface area (Å²) in [4.78, 5) is 92.8. The second kappa shape index (κ2) is 19.5. The van der Waals surface area contributed by atoms with Crippen molar-refractivity contribution in [3.05, 3.63) is 90.1 Å². The summed E-state index contributed by atoms with van der Waals surface area (Å²) in [5.74, 6) is 0.000615. The molecule has 74 heavy (non-hydrogen) atoms. The molecule has 1 spiro atoms. The average molecular weight is 1000 g/mol. The lowest BCUT2D eigenvalue weighted by molar-refractivity contribution is -0.144. The van der Waals surface area contributed by atoms with Crippen LogP contribution in [-0.4, -0.2) is 128 Å². The standard InChI is InChI=1S/C57H66FN11O5/c1-35(2)68-34-60-47-31-46(62-52(51(47)68)61-45-9-5-4-8-44(45)58)37-10-13-43-48(28-37)69(41-29-40(30-41)64-21-6-3-7-22-64)56(74)57(43)19-26-66(27-20-57)54(72)36-16-23-65(24-17-36)55(73)39-18-25-67(33-39)49-14-11-38(32-59-49)42-12-15-50(70)63-53(42)71/h4-5,8-11,13-14,28,31-32,34-36,39-42H,3,6-7,12,15-27,29-30,33H2,1-2H3,(H,61,62)(H,63,70,71)/t39-,40-,41+,42?/m1/s1. The van der Waals surface area contributed by atoms with Crippen LogP contribution in [0.5, 0.6) is 0 Å². The summed E-state index contributed by atoms with van der Waals surface area (Å²) in [5, 5.41) is 5.70. The van der Waals surface area contributed by atoms with Crippen LogP contribution in [0.1, 0.15) is 114 Å². The molecule has 9 heterocycles. The van der Waals surface area contributed by atoms with Crippen molar-refractivity contribution in [2.45, 2.75) is 120 Å². The smallest absolute Gasteiger partial charge is 0.238 e. The second-order valence-electron chi connectivity index (χ2n) is 22.2. The van der Waals surface area contributed by atoms with Crippen molar-refractivity contribution < 1.29 is 28.4 Å². The van der Waals surface area contributed by atoms with E-state index in [1.54, 1.807) is 30.7 Å². The zero-order valence-corrected chi connectivity index (χ0v) is 42.5. The predicted molar refractivity (Wildman–Crippen MR) is 279 cm³/mol. The van der Waals surface area contributed by atoms with Gasteiger partial charge < -0.3 is 34.4 Å². The minimum atomic E-state index is -0.748. The molecule has 5 saturated heterocycles. The highest BCUT2D eigenvalue weighted by molar-refractivity contribution is 6.09. The van der Waals surface area contributed by atoms with Crippen LogP contribution in [0, 0.1) is 17.7 Å². The molecular formula is C57H66FN11O5. The normalized spacial score (nSPS) is 24.5. The number of carbonyl (C=O) groups excluding carboxylic acids is 5. The lowest BCUT2D eigenvalue weighted by Gasteiger charge is -2.48. The van der Waals surface area contributed by atoms with Gasteiger partial charge in [0.1, 0.15) is 17.2 Å². The first kappa shape index (κ1) is 48.2. The lowest BCUT2D eigenvalue weighted by Crippen LogP contribution is -2.58. The van der Waals surface area contributed by atoms with Crippen molar-refractivity contribution in [3.8, 4) is 11.3 Å². The maximum atomic E-state index is 15.3. The molecule has 5 aromatic rings. The molecule has 0 radical (unpaired) electrons. The van der Waals surface area contributed by atoms with Gasteiger partial charge >= 0.3 is 0 Å². The molecule has 12 rings (SSSR count). The molecule has 6 aliphatic heterocycles. The van der Waals surface area contributed by atoms with Crippen LogP contribution in [0.15, 0.2) is 73.2 Å². The number of nitrogens with one attached hydrogen (secondary N) is 2. The second-order valence-corrected chi connectivity index (χ2v) is 22.2. The zero-order valence-electron chi connectivity index (χ0n) is 42.5. The zero-order chi connectivity index (χ0) is 50.8. The molecule has 2 atom stereocenters. The molecule has 7 aliphatic rings. The quantitative estimate of drug-likeness (QED) is 0.133. The van der Waals surface area contributed by atoms with E-state index in [0.29, 0.717) is 101 Å². The first-order valence-corrected chi connectivity index (χ1v) is 27.2. The Morgan fingerprint density at radius 3 is 2.27 bits per heavy atom. The van der Waals surface area contributed by atoms with E-state index >= 15 is 9.18 Å². The van der Waals surface area contributed by atoms with Crippen LogP contribution in [0.3, 0.4) is 0 Å². The molecule has 1 saturated carbocycles. The number of anilines is 4. The van der Waals surface area contributed by atoms with Gasteiger partial charge in [-0.2, -0.15) is 0 Å². The van der Waals surface area contributed by atoms with Gasteiger partial charge in [0.05, 0.1) is 40.5 Å². The van der Waals surface area contributed by atoms with Crippen molar-refractivity contribution in [3.63, 3.8) is 0 Å². The number of piperidine rings is 4. The highest BCUT2D eigenvalue weighted by Crippen LogP contribution is 2.52. The van der Waals surface area contributed by atoms with E-state index in [1.165, 1.54) is 25.3 Å². The van der Waals surface area contributed by atoms with Crippen LogP contribution < -0.4 is 20.4 Å². The number of nitrogens with zero attached hydrogens (tertiary/aromatic N) is 9. The number of rotatable bonds is 10. The fraction of sp³-hybridized carbons (Fsp3) is 0.509. The number of hydrogen-bond acceptors (Lipinski definition) is 11. The molecule has 386 valence electrons. The number of likely N-dealkylation sites (tertiary alicyclic amines) is 3. The largest absolute Gasteiger partial charge is 0.356 e. The lowest BCUT2D eigenvalue weighted by atomic mass is 9.73. The molecule has 1 aliphatic carbocycles. The highest BCUT2D eigenvalue weighted by Gasteiger charge is 2.56. The third-order valence-electron chi connectivity index (χ3n) is 17.7. The Morgan fingerprint density at radius 1 is 0.797 bits per heavy atom. The fourth-order valence-corrected chi connectivity index (χ4v) is 13.3. The Hall–Kier alpha value is -6.75. The van der Waals surface area contributed by atoms with Crippen LogP contribution in [0.25, 0.3) is 22.3 Å². The van der Waals surface area contributed by atoms with Crippen LogP contribution in [0.4, 0.5) is 27.4 Å². The van der Waals surface area contributed by atoms with Crippen LogP contribution in [-0.2, 0) is 29.4 Å². The number of amides is 5. The summed E-state index contributed by atoms with van der Waals surface area (Å²) in [6.07, 6.45) is 12.9. The number of benzene rings is 2. The summed E-state index contributed by atoms with van der Waals surface area (Å²) >= 11 is 0. The average Bonchev–Trinajstić information content (AvgIpc) is 4.14. The first-order valence-electron chi connectivity index (χ1n) is 27.2. The van der Waals surface area contributed by atoms with Gasteiger partial charge in [0.15, 0.2) is 5.82 Å². The number of imide groups is 1. The maximum absolute atomic E-state index is 15.3. The molecule has 5 amide bonds. The topological polar surface area (TPSA) is 169 Å². The molecule has 2 aromatic carbocycles. The third-order valence-corrected chi connectivity index (χ3v) is 17.7. The van der Waals surface area contributed by atoms with Crippen molar-refractivity contribution in [1.82, 2.24) is 39.5 Å². The fourth-order valence-electron chi connectivity index (χ4n) is 13.3. The molecule has 3 aromatic heterocycles. The number of imidazole rings is 1. The number of aromatic nitrogens is 4. The number of halogens is 1.